The van der Waals surface area contributed by atoms with E-state index in [0.29, 0.717) is 6.61 Å². The summed E-state index contributed by atoms with van der Waals surface area (Å²) in [7, 11) is 0. The molecule has 1 atom stereocenters. The highest BCUT2D eigenvalue weighted by molar-refractivity contribution is 6.15. The second-order valence-electron chi connectivity index (χ2n) is 5.63. The maximum absolute atomic E-state index is 9.48. The Morgan fingerprint density at radius 1 is 1.38 bits per heavy atom. The fraction of sp³-hybridized carbons (Fsp3) is 0.312. The van der Waals surface area contributed by atoms with E-state index in [0.717, 1.165) is 17.0 Å². The minimum absolute atomic E-state index is 0.177. The summed E-state index contributed by atoms with van der Waals surface area (Å²) in [4.78, 5) is 0. The van der Waals surface area contributed by atoms with E-state index in [1.807, 2.05) is 50.3 Å². The first-order valence-corrected chi connectivity index (χ1v) is 6.79. The van der Waals surface area contributed by atoms with Gasteiger partial charge < -0.3 is 4.74 Å². The van der Waals surface area contributed by atoms with Crippen molar-refractivity contribution >= 4 is 17.2 Å². The van der Waals surface area contributed by atoms with E-state index in [9.17, 15) is 5.26 Å². The molecule has 5 nitrogen and oxygen atoms in total. The van der Waals surface area contributed by atoms with Crippen molar-refractivity contribution in [1.82, 2.24) is 0 Å². The summed E-state index contributed by atoms with van der Waals surface area (Å²) in [5.74, 6) is -0.433. The van der Waals surface area contributed by atoms with E-state index >= 15 is 0 Å². The number of anilines is 1. The van der Waals surface area contributed by atoms with Crippen molar-refractivity contribution in [2.45, 2.75) is 19.4 Å². The zero-order valence-corrected chi connectivity index (χ0v) is 12.0. The Morgan fingerprint density at radius 2 is 2.10 bits per heavy atom. The van der Waals surface area contributed by atoms with Gasteiger partial charge in [0.15, 0.2) is 0 Å². The Labute approximate surface area is 123 Å². The molecule has 0 saturated carbocycles. The topological polar surface area (TPSA) is 72.5 Å². The molecule has 0 amide bonds. The molecule has 0 spiro atoms. The van der Waals surface area contributed by atoms with Gasteiger partial charge in [-0.25, -0.2) is 5.01 Å². The van der Waals surface area contributed by atoms with Gasteiger partial charge in [-0.3, -0.25) is 5.41 Å². The quantitative estimate of drug-likeness (QED) is 0.859. The minimum Gasteiger partial charge on any atom is -0.365 e. The molecule has 1 aromatic rings. The van der Waals surface area contributed by atoms with Gasteiger partial charge in [-0.15, -0.1) is 0 Å². The van der Waals surface area contributed by atoms with Crippen LogP contribution in [0.3, 0.4) is 0 Å². The van der Waals surface area contributed by atoms with Crippen LogP contribution in [0.15, 0.2) is 47.1 Å². The number of nitrogens with one attached hydrogen (secondary N) is 1. The Kier molecular flexibility index (Phi) is 3.11. The third kappa shape index (κ3) is 2.34. The molecule has 0 saturated heterocycles. The van der Waals surface area contributed by atoms with Crippen LogP contribution in [0.25, 0.3) is 0 Å². The summed E-state index contributed by atoms with van der Waals surface area (Å²) < 4.78 is 5.73. The predicted octanol–water partition coefficient (Wildman–Crippen LogP) is 2.71. The Hall–Kier alpha value is -2.45. The van der Waals surface area contributed by atoms with Crippen LogP contribution in [-0.4, -0.2) is 23.8 Å². The first-order chi connectivity index (χ1) is 10.0. The molecule has 0 bridgehead atoms. The van der Waals surface area contributed by atoms with Gasteiger partial charge in [0.25, 0.3) is 0 Å². The van der Waals surface area contributed by atoms with Gasteiger partial charge in [0.05, 0.1) is 29.7 Å². The molecule has 0 aromatic heterocycles. The molecule has 1 aromatic carbocycles. The van der Waals surface area contributed by atoms with E-state index in [2.05, 4.69) is 11.2 Å². The number of nitriles is 1. The lowest BCUT2D eigenvalue weighted by Gasteiger charge is -2.36. The molecule has 0 fully saturated rings. The normalized spacial score (nSPS) is 23.8. The first-order valence-electron chi connectivity index (χ1n) is 6.79. The fourth-order valence-corrected chi connectivity index (χ4v) is 2.51. The van der Waals surface area contributed by atoms with Crippen molar-refractivity contribution in [1.29, 1.82) is 10.7 Å². The number of fused-ring (bicyclic) bond motifs is 1. The summed E-state index contributed by atoms with van der Waals surface area (Å²) in [5, 5.41) is 23.8. The van der Waals surface area contributed by atoms with Gasteiger partial charge in [-0.05, 0) is 32.1 Å². The fourth-order valence-electron chi connectivity index (χ4n) is 2.51. The van der Waals surface area contributed by atoms with E-state index in [1.54, 1.807) is 0 Å². The summed E-state index contributed by atoms with van der Waals surface area (Å²) >= 11 is 0. The van der Waals surface area contributed by atoms with Crippen molar-refractivity contribution in [3.05, 3.63) is 42.0 Å². The van der Waals surface area contributed by atoms with Crippen molar-refractivity contribution in [3.8, 4) is 6.07 Å². The highest BCUT2D eigenvalue weighted by Gasteiger charge is 2.37. The van der Waals surface area contributed by atoms with Crippen molar-refractivity contribution in [3.63, 3.8) is 0 Å². The van der Waals surface area contributed by atoms with Gasteiger partial charge in [-0.2, -0.15) is 10.4 Å². The van der Waals surface area contributed by atoms with Crippen molar-refractivity contribution in [2.24, 2.45) is 11.0 Å². The minimum atomic E-state index is -0.610. The molecule has 0 aliphatic carbocycles. The number of hydrazone groups is 1. The summed E-state index contributed by atoms with van der Waals surface area (Å²) in [6.07, 6.45) is 1.90. The van der Waals surface area contributed by atoms with E-state index in [1.165, 1.54) is 5.01 Å². The number of para-hydroxylation sites is 1. The largest absolute Gasteiger partial charge is 0.365 e. The first kappa shape index (κ1) is 13.5. The Bertz CT molecular complexity index is 682. The van der Waals surface area contributed by atoms with Gasteiger partial charge in [0.1, 0.15) is 11.8 Å². The summed E-state index contributed by atoms with van der Waals surface area (Å²) in [6.45, 7) is 4.24. The number of ether oxygens (including phenoxy) is 1. The number of hydrogen-bond donors (Lipinski definition) is 1. The maximum atomic E-state index is 9.48. The molecule has 2 heterocycles. The van der Waals surface area contributed by atoms with E-state index in [4.69, 9.17) is 10.1 Å². The van der Waals surface area contributed by atoms with Crippen LogP contribution in [0, 0.1) is 22.7 Å². The maximum Gasteiger partial charge on any atom is 0.144 e. The molecule has 1 N–H and O–H groups in total. The average molecular weight is 280 g/mol. The smallest absolute Gasteiger partial charge is 0.144 e. The Morgan fingerprint density at radius 3 is 2.76 bits per heavy atom. The van der Waals surface area contributed by atoms with Crippen molar-refractivity contribution in [2.75, 3.05) is 11.6 Å². The summed E-state index contributed by atoms with van der Waals surface area (Å²) in [5.41, 5.74) is 1.87. The predicted molar refractivity (Wildman–Crippen MR) is 81.3 cm³/mol. The molecule has 106 valence electrons. The second kappa shape index (κ2) is 4.83. The number of benzene rings is 1. The highest BCUT2D eigenvalue weighted by Crippen LogP contribution is 2.32. The molecule has 2 aliphatic heterocycles. The molecule has 5 heteroatoms. The molecular formula is C16H16N4O. The third-order valence-corrected chi connectivity index (χ3v) is 3.58. The highest BCUT2D eigenvalue weighted by atomic mass is 16.5. The Balaban J connectivity index is 2.09. The van der Waals surface area contributed by atoms with Gasteiger partial charge in [-0.1, -0.05) is 18.2 Å². The lowest BCUT2D eigenvalue weighted by atomic mass is 9.87. The molecule has 1 unspecified atom stereocenters. The molecule has 3 rings (SSSR count). The van der Waals surface area contributed by atoms with Crippen LogP contribution in [-0.2, 0) is 4.74 Å². The number of nitrogens with zero attached hydrogens (tertiary/aromatic N) is 3. The van der Waals surface area contributed by atoms with E-state index in [-0.39, 0.29) is 5.84 Å². The monoisotopic (exact) mass is 280 g/mol. The van der Waals surface area contributed by atoms with E-state index < -0.39 is 11.5 Å². The van der Waals surface area contributed by atoms with Crippen LogP contribution >= 0.6 is 0 Å². The van der Waals surface area contributed by atoms with Gasteiger partial charge in [0, 0.05) is 5.57 Å². The molecular weight excluding hydrogens is 264 g/mol. The lowest BCUT2D eigenvalue weighted by molar-refractivity contribution is 0.0402. The van der Waals surface area contributed by atoms with Gasteiger partial charge >= 0.3 is 0 Å². The van der Waals surface area contributed by atoms with Crippen molar-refractivity contribution < 1.29 is 4.74 Å². The van der Waals surface area contributed by atoms with Crippen LogP contribution in [0.5, 0.6) is 0 Å². The second-order valence-corrected chi connectivity index (χ2v) is 5.63. The SMILES string of the molecule is CC1(C)C=C2C(=NN(c3ccccc3)C(=N)C2C#N)CO1. The van der Waals surface area contributed by atoms with Crippen LogP contribution < -0.4 is 5.01 Å². The molecule has 0 radical (unpaired) electrons. The number of rotatable bonds is 1. The summed E-state index contributed by atoms with van der Waals surface area (Å²) in [6, 6.07) is 11.6. The van der Waals surface area contributed by atoms with Crippen LogP contribution in [0.4, 0.5) is 5.69 Å². The van der Waals surface area contributed by atoms with Gasteiger partial charge in [0.2, 0.25) is 0 Å². The zero-order chi connectivity index (χ0) is 15.0. The standard InChI is InChI=1S/C16H16N4O/c1-16(2)8-12-13(9-17)15(18)20(19-14(12)10-21-16)11-6-4-3-5-7-11/h3-8,13,18H,10H2,1-2H3. The average Bonchev–Trinajstić information content (AvgIpc) is 2.47. The van der Waals surface area contributed by atoms with Crippen LogP contribution in [0.1, 0.15) is 13.8 Å². The molecule has 21 heavy (non-hydrogen) atoms. The van der Waals surface area contributed by atoms with Crippen LogP contribution in [0.2, 0.25) is 0 Å². The zero-order valence-electron chi connectivity index (χ0n) is 12.0. The lowest BCUT2D eigenvalue weighted by Crippen LogP contribution is -2.44. The number of amidine groups is 1. The molecule has 2 aliphatic rings. The number of hydrogen-bond acceptors (Lipinski definition) is 4. The third-order valence-electron chi connectivity index (χ3n) is 3.58.